The van der Waals surface area contributed by atoms with Gasteiger partial charge in [-0.2, -0.15) is 0 Å². The first kappa shape index (κ1) is 15.4. The van der Waals surface area contributed by atoms with Crippen LogP contribution >= 0.6 is 0 Å². The first-order valence-electron chi connectivity index (χ1n) is 6.12. The topological polar surface area (TPSA) is 58.4 Å². The van der Waals surface area contributed by atoms with Crippen LogP contribution in [0.5, 0.6) is 0 Å². The van der Waals surface area contributed by atoms with E-state index in [4.69, 9.17) is 5.73 Å². The highest BCUT2D eigenvalue weighted by Gasteiger charge is 2.32. The van der Waals surface area contributed by atoms with Gasteiger partial charge in [0.15, 0.2) is 0 Å². The molecule has 0 aromatic heterocycles. The Morgan fingerprint density at radius 2 is 2.06 bits per heavy atom. The van der Waals surface area contributed by atoms with Gasteiger partial charge < -0.3 is 16.0 Å². The number of carbonyl (C=O) groups is 1. The second-order valence-electron chi connectivity index (χ2n) is 4.80. The lowest BCUT2D eigenvalue weighted by Gasteiger charge is -2.34. The summed E-state index contributed by atoms with van der Waals surface area (Å²) in [7, 11) is 2.03. The molecular weight excluding hydrogens is 202 g/mol. The van der Waals surface area contributed by atoms with Gasteiger partial charge in [-0.15, -0.1) is 0 Å². The Bertz CT molecular complexity index is 220. The van der Waals surface area contributed by atoms with Crippen LogP contribution in [0.2, 0.25) is 0 Å². The van der Waals surface area contributed by atoms with Gasteiger partial charge in [0.1, 0.15) is 5.54 Å². The molecule has 2 unspecified atom stereocenters. The van der Waals surface area contributed by atoms with E-state index in [1.807, 2.05) is 14.0 Å². The average Bonchev–Trinajstić information content (AvgIpc) is 2.24. The molecule has 4 heteroatoms. The van der Waals surface area contributed by atoms with Crippen LogP contribution in [0.4, 0.5) is 0 Å². The molecule has 3 N–H and O–H groups in total. The number of nitrogens with one attached hydrogen (secondary N) is 1. The molecule has 0 heterocycles. The van der Waals surface area contributed by atoms with E-state index < -0.39 is 5.54 Å². The van der Waals surface area contributed by atoms with Crippen molar-refractivity contribution in [2.24, 2.45) is 5.73 Å². The second-order valence-corrected chi connectivity index (χ2v) is 4.80. The SMILES string of the molecule is CCCNC(C)(CN(C)C(C)CC)C(N)=O. The number of hydrogen-bond acceptors (Lipinski definition) is 3. The van der Waals surface area contributed by atoms with Crippen LogP contribution in [0, 0.1) is 0 Å². The molecule has 0 saturated carbocycles. The lowest BCUT2D eigenvalue weighted by molar-refractivity contribution is -0.124. The molecular formula is C12H27N3O. The minimum Gasteiger partial charge on any atom is -0.368 e. The minimum atomic E-state index is -0.631. The van der Waals surface area contributed by atoms with Gasteiger partial charge in [0.2, 0.25) is 5.91 Å². The van der Waals surface area contributed by atoms with Gasteiger partial charge in [-0.05, 0) is 40.3 Å². The van der Waals surface area contributed by atoms with E-state index in [2.05, 4.69) is 31.0 Å². The Hall–Kier alpha value is -0.610. The van der Waals surface area contributed by atoms with Crippen molar-refractivity contribution < 1.29 is 4.79 Å². The first-order chi connectivity index (χ1) is 7.37. The maximum Gasteiger partial charge on any atom is 0.238 e. The lowest BCUT2D eigenvalue weighted by atomic mass is 9.99. The third-order valence-corrected chi connectivity index (χ3v) is 3.22. The summed E-state index contributed by atoms with van der Waals surface area (Å²) in [5, 5.41) is 3.24. The number of primary amides is 1. The van der Waals surface area contributed by atoms with E-state index in [1.165, 1.54) is 0 Å². The van der Waals surface area contributed by atoms with Crippen molar-refractivity contribution in [3.8, 4) is 0 Å². The monoisotopic (exact) mass is 229 g/mol. The number of amides is 1. The van der Waals surface area contributed by atoms with E-state index >= 15 is 0 Å². The molecule has 0 spiro atoms. The van der Waals surface area contributed by atoms with Gasteiger partial charge in [0.05, 0.1) is 0 Å². The highest BCUT2D eigenvalue weighted by atomic mass is 16.1. The highest BCUT2D eigenvalue weighted by Crippen LogP contribution is 2.09. The molecule has 0 rings (SSSR count). The Labute approximate surface area is 99.6 Å². The fourth-order valence-corrected chi connectivity index (χ4v) is 1.59. The minimum absolute atomic E-state index is 0.281. The van der Waals surface area contributed by atoms with Crippen molar-refractivity contribution in [1.29, 1.82) is 0 Å². The van der Waals surface area contributed by atoms with Crippen molar-refractivity contribution in [2.45, 2.75) is 52.1 Å². The van der Waals surface area contributed by atoms with Gasteiger partial charge in [-0.3, -0.25) is 4.79 Å². The Kier molecular flexibility index (Phi) is 6.60. The van der Waals surface area contributed by atoms with Crippen LogP contribution < -0.4 is 11.1 Å². The lowest BCUT2D eigenvalue weighted by Crippen LogP contribution is -2.60. The number of rotatable bonds is 8. The Morgan fingerprint density at radius 3 is 2.44 bits per heavy atom. The fourth-order valence-electron chi connectivity index (χ4n) is 1.59. The molecule has 4 nitrogen and oxygen atoms in total. The molecule has 0 radical (unpaired) electrons. The normalized spacial score (nSPS) is 17.1. The number of hydrogen-bond donors (Lipinski definition) is 2. The van der Waals surface area contributed by atoms with Crippen LogP contribution in [0.25, 0.3) is 0 Å². The summed E-state index contributed by atoms with van der Waals surface area (Å²) in [6.07, 6.45) is 2.06. The van der Waals surface area contributed by atoms with E-state index in [1.54, 1.807) is 0 Å². The van der Waals surface area contributed by atoms with Gasteiger partial charge in [0, 0.05) is 12.6 Å². The fraction of sp³-hybridized carbons (Fsp3) is 0.917. The van der Waals surface area contributed by atoms with E-state index in [0.29, 0.717) is 12.6 Å². The number of carbonyl (C=O) groups excluding carboxylic acids is 1. The summed E-state index contributed by atoms with van der Waals surface area (Å²) >= 11 is 0. The quantitative estimate of drug-likeness (QED) is 0.652. The summed E-state index contributed by atoms with van der Waals surface area (Å²) in [4.78, 5) is 13.7. The molecule has 0 aromatic rings. The maximum absolute atomic E-state index is 11.5. The molecule has 2 atom stereocenters. The zero-order valence-electron chi connectivity index (χ0n) is 11.3. The van der Waals surface area contributed by atoms with Crippen LogP contribution in [0.3, 0.4) is 0 Å². The molecule has 1 amide bonds. The average molecular weight is 229 g/mol. The summed E-state index contributed by atoms with van der Waals surface area (Å²) < 4.78 is 0. The summed E-state index contributed by atoms with van der Waals surface area (Å²) in [5.74, 6) is -0.281. The third kappa shape index (κ3) is 4.49. The van der Waals surface area contributed by atoms with Crippen LogP contribution in [-0.2, 0) is 4.79 Å². The predicted octanol–water partition coefficient (Wildman–Crippen LogP) is 0.960. The summed E-state index contributed by atoms with van der Waals surface area (Å²) in [6, 6.07) is 0.460. The molecule has 16 heavy (non-hydrogen) atoms. The molecule has 0 fully saturated rings. The Balaban J connectivity index is 4.48. The number of likely N-dealkylation sites (N-methyl/N-ethyl adjacent to an activating group) is 1. The van der Waals surface area contributed by atoms with Gasteiger partial charge in [0.25, 0.3) is 0 Å². The molecule has 0 aliphatic rings. The predicted molar refractivity (Wildman–Crippen MR) is 68.3 cm³/mol. The first-order valence-corrected chi connectivity index (χ1v) is 6.12. The largest absolute Gasteiger partial charge is 0.368 e. The van der Waals surface area contributed by atoms with Crippen LogP contribution in [0.1, 0.15) is 40.5 Å². The number of nitrogens with zero attached hydrogens (tertiary/aromatic N) is 1. The third-order valence-electron chi connectivity index (χ3n) is 3.22. The molecule has 0 bridgehead atoms. The van der Waals surface area contributed by atoms with Gasteiger partial charge >= 0.3 is 0 Å². The van der Waals surface area contributed by atoms with Crippen molar-refractivity contribution in [3.05, 3.63) is 0 Å². The van der Waals surface area contributed by atoms with Crippen molar-refractivity contribution in [3.63, 3.8) is 0 Å². The molecule has 0 aliphatic carbocycles. The zero-order valence-corrected chi connectivity index (χ0v) is 11.3. The smallest absolute Gasteiger partial charge is 0.238 e. The standard InChI is InChI=1S/C12H27N3O/c1-6-8-14-12(4,11(13)16)9-15(5)10(3)7-2/h10,14H,6-9H2,1-5H3,(H2,13,16). The molecule has 0 aliphatic heterocycles. The van der Waals surface area contributed by atoms with Crippen molar-refractivity contribution in [1.82, 2.24) is 10.2 Å². The number of nitrogens with two attached hydrogens (primary N) is 1. The highest BCUT2D eigenvalue weighted by molar-refractivity contribution is 5.84. The second kappa shape index (κ2) is 6.86. The summed E-state index contributed by atoms with van der Waals surface area (Å²) in [6.45, 7) is 9.71. The summed E-state index contributed by atoms with van der Waals surface area (Å²) in [5.41, 5.74) is 4.84. The molecule has 0 saturated heterocycles. The van der Waals surface area contributed by atoms with Gasteiger partial charge in [-0.1, -0.05) is 13.8 Å². The van der Waals surface area contributed by atoms with Crippen LogP contribution in [-0.4, -0.2) is 42.5 Å². The zero-order chi connectivity index (χ0) is 12.8. The van der Waals surface area contributed by atoms with Crippen LogP contribution in [0.15, 0.2) is 0 Å². The van der Waals surface area contributed by atoms with Crippen molar-refractivity contribution >= 4 is 5.91 Å². The van der Waals surface area contributed by atoms with E-state index in [-0.39, 0.29) is 5.91 Å². The maximum atomic E-state index is 11.5. The van der Waals surface area contributed by atoms with E-state index in [0.717, 1.165) is 19.4 Å². The van der Waals surface area contributed by atoms with E-state index in [9.17, 15) is 4.79 Å². The Morgan fingerprint density at radius 1 is 1.50 bits per heavy atom. The van der Waals surface area contributed by atoms with Crippen molar-refractivity contribution in [2.75, 3.05) is 20.1 Å². The van der Waals surface area contributed by atoms with Gasteiger partial charge in [-0.25, -0.2) is 0 Å². The molecule has 96 valence electrons. The molecule has 0 aromatic carbocycles.